The topological polar surface area (TPSA) is 18.5 Å². The second-order valence-corrected chi connectivity index (χ2v) is 7.70. The lowest BCUT2D eigenvalue weighted by Crippen LogP contribution is -2.24. The second-order valence-electron chi connectivity index (χ2n) is 7.70. The molecule has 0 saturated heterocycles. The van der Waals surface area contributed by atoms with E-state index in [9.17, 15) is 4.39 Å². The fraction of sp³-hybridized carbons (Fsp3) is 0.200. The van der Waals surface area contributed by atoms with Crippen molar-refractivity contribution in [2.24, 2.45) is 0 Å². The van der Waals surface area contributed by atoms with E-state index in [0.29, 0.717) is 13.0 Å². The molecule has 28 heavy (non-hydrogen) atoms. The van der Waals surface area contributed by atoms with Crippen molar-refractivity contribution in [2.75, 3.05) is 0 Å². The van der Waals surface area contributed by atoms with E-state index in [2.05, 4.69) is 0 Å². The molecule has 0 amide bonds. The van der Waals surface area contributed by atoms with E-state index < -0.39 is 0 Å². The zero-order valence-electron chi connectivity index (χ0n) is 16.1. The number of hydrogen-bond donors (Lipinski definition) is 0. The Morgan fingerprint density at radius 2 is 1.75 bits per heavy atom. The Morgan fingerprint density at radius 1 is 1.00 bits per heavy atom. The third-order valence-electron chi connectivity index (χ3n) is 4.74. The lowest BCUT2D eigenvalue weighted by atomic mass is 10.00. The van der Waals surface area contributed by atoms with Gasteiger partial charge >= 0.3 is 0 Å². The van der Waals surface area contributed by atoms with Crippen LogP contribution < -0.4 is 9.47 Å². The predicted molar refractivity (Wildman–Crippen MR) is 111 cm³/mol. The first-order chi connectivity index (χ1) is 13.5. The molecule has 2 nitrogen and oxygen atoms in total. The number of ether oxygens (including phenoxy) is 2. The number of benzene rings is 3. The van der Waals surface area contributed by atoms with Gasteiger partial charge in [-0.3, -0.25) is 0 Å². The highest BCUT2D eigenvalue weighted by atomic mass is 19.1. The van der Waals surface area contributed by atoms with Gasteiger partial charge in [0.15, 0.2) is 0 Å². The van der Waals surface area contributed by atoms with Gasteiger partial charge < -0.3 is 9.47 Å². The molecule has 0 aromatic heterocycles. The van der Waals surface area contributed by atoms with Crippen LogP contribution in [0.5, 0.6) is 11.5 Å². The Balaban J connectivity index is 1.46. The van der Waals surface area contributed by atoms with Crippen molar-refractivity contribution in [3.8, 4) is 11.5 Å². The summed E-state index contributed by atoms with van der Waals surface area (Å²) in [5.41, 5.74) is 3.55. The molecule has 1 aliphatic heterocycles. The van der Waals surface area contributed by atoms with E-state index in [-0.39, 0.29) is 11.4 Å². The Morgan fingerprint density at radius 3 is 2.50 bits per heavy atom. The summed E-state index contributed by atoms with van der Waals surface area (Å²) in [6.45, 7) is 4.58. The molecule has 1 heterocycles. The highest BCUT2D eigenvalue weighted by Gasteiger charge is 2.31. The first kappa shape index (κ1) is 18.3. The van der Waals surface area contributed by atoms with Gasteiger partial charge in [0.05, 0.1) is 0 Å². The number of hydrogen-bond acceptors (Lipinski definition) is 2. The van der Waals surface area contributed by atoms with Gasteiger partial charge in [0.25, 0.3) is 0 Å². The molecule has 0 atom stereocenters. The van der Waals surface area contributed by atoms with Gasteiger partial charge in [-0.15, -0.1) is 0 Å². The average Bonchev–Trinajstić information content (AvgIpc) is 3.00. The van der Waals surface area contributed by atoms with Gasteiger partial charge in [0.2, 0.25) is 0 Å². The van der Waals surface area contributed by atoms with Crippen LogP contribution in [-0.2, 0) is 13.0 Å². The number of halogens is 1. The average molecular weight is 374 g/mol. The smallest absolute Gasteiger partial charge is 0.130 e. The van der Waals surface area contributed by atoms with Gasteiger partial charge in [0.1, 0.15) is 29.5 Å². The van der Waals surface area contributed by atoms with Crippen LogP contribution >= 0.6 is 0 Å². The van der Waals surface area contributed by atoms with Gasteiger partial charge in [-0.05, 0) is 49.2 Å². The highest BCUT2D eigenvalue weighted by molar-refractivity contribution is 5.74. The third kappa shape index (κ3) is 4.25. The lowest BCUT2D eigenvalue weighted by molar-refractivity contribution is 0.138. The summed E-state index contributed by atoms with van der Waals surface area (Å²) in [5, 5.41) is 0. The summed E-state index contributed by atoms with van der Waals surface area (Å²) in [6, 6.07) is 21.0. The first-order valence-corrected chi connectivity index (χ1v) is 9.45. The minimum Gasteiger partial charge on any atom is -0.489 e. The maximum atomic E-state index is 14.0. The van der Waals surface area contributed by atoms with Crippen molar-refractivity contribution < 1.29 is 13.9 Å². The normalized spacial score (nSPS) is 14.7. The Bertz CT molecular complexity index is 989. The van der Waals surface area contributed by atoms with Crippen LogP contribution in [0.15, 0.2) is 66.7 Å². The summed E-state index contributed by atoms with van der Waals surface area (Å²) >= 11 is 0. The van der Waals surface area contributed by atoms with Crippen LogP contribution in [0.1, 0.15) is 36.1 Å². The van der Waals surface area contributed by atoms with Crippen molar-refractivity contribution in [1.29, 1.82) is 0 Å². The lowest BCUT2D eigenvalue weighted by Gasteiger charge is -2.17. The molecule has 0 aliphatic carbocycles. The minimum atomic E-state index is -0.295. The molecule has 0 radical (unpaired) electrons. The van der Waals surface area contributed by atoms with Crippen LogP contribution in [0.3, 0.4) is 0 Å². The van der Waals surface area contributed by atoms with E-state index >= 15 is 0 Å². The van der Waals surface area contributed by atoms with E-state index in [1.807, 2.05) is 80.6 Å². The minimum absolute atomic E-state index is 0.232. The van der Waals surface area contributed by atoms with Crippen molar-refractivity contribution in [1.82, 2.24) is 0 Å². The monoisotopic (exact) mass is 374 g/mol. The number of fused-ring (bicyclic) bond motifs is 1. The zero-order chi connectivity index (χ0) is 19.6. The molecule has 0 bridgehead atoms. The van der Waals surface area contributed by atoms with E-state index in [0.717, 1.165) is 33.8 Å². The molecule has 0 fully saturated rings. The van der Waals surface area contributed by atoms with Crippen LogP contribution in [0.2, 0.25) is 0 Å². The Labute approximate surface area is 165 Å². The fourth-order valence-electron chi connectivity index (χ4n) is 3.43. The van der Waals surface area contributed by atoms with E-state index in [4.69, 9.17) is 9.47 Å². The molecule has 0 saturated carbocycles. The van der Waals surface area contributed by atoms with Gasteiger partial charge in [-0.1, -0.05) is 54.6 Å². The molecule has 0 N–H and O–H groups in total. The quantitative estimate of drug-likeness (QED) is 0.489. The summed E-state index contributed by atoms with van der Waals surface area (Å²) in [7, 11) is 0. The second kappa shape index (κ2) is 7.51. The van der Waals surface area contributed by atoms with Gasteiger partial charge in [-0.25, -0.2) is 4.39 Å². The molecule has 3 aromatic rings. The van der Waals surface area contributed by atoms with Crippen LogP contribution in [0.25, 0.3) is 12.2 Å². The van der Waals surface area contributed by atoms with Crippen LogP contribution in [-0.4, -0.2) is 5.60 Å². The summed E-state index contributed by atoms with van der Waals surface area (Å²) < 4.78 is 25.8. The van der Waals surface area contributed by atoms with Crippen LogP contribution in [0.4, 0.5) is 4.39 Å². The van der Waals surface area contributed by atoms with Crippen molar-refractivity contribution in [3.63, 3.8) is 0 Å². The van der Waals surface area contributed by atoms with Gasteiger partial charge in [0, 0.05) is 17.5 Å². The largest absolute Gasteiger partial charge is 0.489 e. The van der Waals surface area contributed by atoms with Crippen LogP contribution in [0, 0.1) is 5.82 Å². The number of rotatable bonds is 5. The predicted octanol–water partition coefficient (Wildman–Crippen LogP) is 6.29. The fourth-order valence-corrected chi connectivity index (χ4v) is 3.43. The van der Waals surface area contributed by atoms with Crippen molar-refractivity contribution in [2.45, 2.75) is 32.5 Å². The molecular weight excluding hydrogens is 351 g/mol. The highest BCUT2D eigenvalue weighted by Crippen LogP contribution is 2.39. The van der Waals surface area contributed by atoms with E-state index in [1.165, 1.54) is 6.07 Å². The molecular formula is C25H23FO2. The Hall–Kier alpha value is -3.07. The Kier molecular flexibility index (Phi) is 4.91. The molecule has 0 unspecified atom stereocenters. The van der Waals surface area contributed by atoms with Crippen molar-refractivity contribution in [3.05, 3.63) is 94.8 Å². The maximum Gasteiger partial charge on any atom is 0.130 e. The maximum absolute atomic E-state index is 14.0. The standard InChI is InChI=1S/C25H23FO2/c1-25(2)16-21-15-22(26)14-20(24(21)28-25)11-8-18-9-12-23(13-10-18)27-17-19-6-4-3-5-7-19/h3-15H,16-17H2,1-2H3. The molecule has 0 spiro atoms. The van der Waals surface area contributed by atoms with E-state index in [1.54, 1.807) is 6.07 Å². The summed E-state index contributed by atoms with van der Waals surface area (Å²) in [4.78, 5) is 0. The molecule has 1 aliphatic rings. The summed E-state index contributed by atoms with van der Waals surface area (Å²) in [5.74, 6) is 1.37. The molecule has 142 valence electrons. The molecule has 3 heteroatoms. The molecule has 3 aromatic carbocycles. The summed E-state index contributed by atoms with van der Waals surface area (Å²) in [6.07, 6.45) is 4.59. The molecule has 4 rings (SSSR count). The van der Waals surface area contributed by atoms with Gasteiger partial charge in [-0.2, -0.15) is 0 Å². The third-order valence-corrected chi connectivity index (χ3v) is 4.74. The first-order valence-electron chi connectivity index (χ1n) is 9.45. The SMILES string of the molecule is CC1(C)Cc2cc(F)cc(C=Cc3ccc(OCc4ccccc4)cc3)c2O1. The zero-order valence-corrected chi connectivity index (χ0v) is 16.1. The van der Waals surface area contributed by atoms with Crippen molar-refractivity contribution >= 4 is 12.2 Å².